The van der Waals surface area contributed by atoms with Crippen molar-refractivity contribution in [2.45, 2.75) is 6.92 Å². The molecule has 1 fully saturated rings. The Morgan fingerprint density at radius 2 is 1.95 bits per heavy atom. The van der Waals surface area contributed by atoms with Gasteiger partial charge >= 0.3 is 0 Å². The summed E-state index contributed by atoms with van der Waals surface area (Å²) in [6, 6.07) is 4.66. The molecule has 1 saturated heterocycles. The monoisotopic (exact) mass is 306 g/mol. The number of benzene rings is 1. The maximum absolute atomic E-state index is 13.9. The van der Waals surface area contributed by atoms with Crippen molar-refractivity contribution in [3.05, 3.63) is 34.5 Å². The minimum absolute atomic E-state index is 0.166. The highest BCUT2D eigenvalue weighted by Gasteiger charge is 2.29. The number of amides is 3. The fraction of sp³-hybridized carbons (Fsp3) is 0.214. The van der Waals surface area contributed by atoms with Gasteiger partial charge in [0.2, 0.25) is 11.8 Å². The second-order valence-corrected chi connectivity index (χ2v) is 5.85. The van der Waals surface area contributed by atoms with Crippen LogP contribution in [0.1, 0.15) is 15.2 Å². The van der Waals surface area contributed by atoms with E-state index in [1.54, 1.807) is 19.1 Å². The van der Waals surface area contributed by atoms with Crippen molar-refractivity contribution >= 4 is 39.1 Å². The molecule has 1 aromatic heterocycles. The number of carbonyl (C=O) groups is 3. The third kappa shape index (κ3) is 2.29. The molecule has 0 radical (unpaired) electrons. The molecular weight excluding hydrogens is 295 g/mol. The zero-order valence-corrected chi connectivity index (χ0v) is 11.9. The van der Waals surface area contributed by atoms with E-state index in [9.17, 15) is 18.8 Å². The van der Waals surface area contributed by atoms with Gasteiger partial charge in [-0.3, -0.25) is 19.7 Å². The van der Waals surface area contributed by atoms with Crippen LogP contribution in [0.5, 0.6) is 0 Å². The van der Waals surface area contributed by atoms with Gasteiger partial charge in [-0.05, 0) is 24.6 Å². The molecule has 5 nitrogen and oxygen atoms in total. The number of imide groups is 1. The standard InChI is InChI=1S/C14H11FN2O3S/c1-7-12-8(15)3-2-4-9(12)21-13(7)14(20)17-5-10(18)16-11(19)6-17/h2-4H,5-6H2,1H3,(H,16,18,19). The number of thiophene rings is 1. The van der Waals surface area contributed by atoms with Crippen LogP contribution < -0.4 is 5.32 Å². The fourth-order valence-corrected chi connectivity index (χ4v) is 3.57. The van der Waals surface area contributed by atoms with Gasteiger partial charge in [-0.25, -0.2) is 4.39 Å². The van der Waals surface area contributed by atoms with Crippen LogP contribution in [0.2, 0.25) is 0 Å². The minimum Gasteiger partial charge on any atom is -0.319 e. The third-order valence-corrected chi connectivity index (χ3v) is 4.58. The molecule has 3 rings (SSSR count). The predicted octanol–water partition coefficient (Wildman–Crippen LogP) is 1.45. The summed E-state index contributed by atoms with van der Waals surface area (Å²) in [7, 11) is 0. The number of nitrogens with zero attached hydrogens (tertiary/aromatic N) is 1. The van der Waals surface area contributed by atoms with Crippen LogP contribution in [0.15, 0.2) is 18.2 Å². The van der Waals surface area contributed by atoms with E-state index in [-0.39, 0.29) is 18.9 Å². The first kappa shape index (κ1) is 13.7. The number of fused-ring (bicyclic) bond motifs is 1. The molecule has 108 valence electrons. The number of hydrogen-bond donors (Lipinski definition) is 1. The zero-order chi connectivity index (χ0) is 15.1. The topological polar surface area (TPSA) is 66.5 Å². The van der Waals surface area contributed by atoms with E-state index >= 15 is 0 Å². The van der Waals surface area contributed by atoms with Crippen LogP contribution in [0.3, 0.4) is 0 Å². The van der Waals surface area contributed by atoms with Crippen LogP contribution >= 0.6 is 11.3 Å². The van der Waals surface area contributed by atoms with Crippen molar-refractivity contribution in [1.82, 2.24) is 10.2 Å². The van der Waals surface area contributed by atoms with Crippen LogP contribution in [0, 0.1) is 12.7 Å². The molecule has 1 aliphatic heterocycles. The second-order valence-electron chi connectivity index (χ2n) is 4.80. The Morgan fingerprint density at radius 1 is 1.29 bits per heavy atom. The quantitative estimate of drug-likeness (QED) is 0.811. The SMILES string of the molecule is Cc1c(C(=O)N2CC(=O)NC(=O)C2)sc2cccc(F)c12. The Labute approximate surface area is 123 Å². The van der Waals surface area contributed by atoms with Crippen LogP contribution in [0.25, 0.3) is 10.1 Å². The van der Waals surface area contributed by atoms with E-state index in [0.29, 0.717) is 20.5 Å². The molecule has 0 bridgehead atoms. The maximum atomic E-state index is 13.9. The molecule has 0 unspecified atom stereocenters. The molecule has 1 N–H and O–H groups in total. The van der Waals surface area contributed by atoms with Gasteiger partial charge < -0.3 is 4.90 Å². The van der Waals surface area contributed by atoms with Gasteiger partial charge in [-0.15, -0.1) is 11.3 Å². The van der Waals surface area contributed by atoms with E-state index in [1.807, 2.05) is 0 Å². The summed E-state index contributed by atoms with van der Waals surface area (Å²) in [5.41, 5.74) is 0.538. The molecule has 0 saturated carbocycles. The summed E-state index contributed by atoms with van der Waals surface area (Å²) >= 11 is 1.17. The summed E-state index contributed by atoms with van der Waals surface area (Å²) < 4.78 is 14.5. The molecule has 0 atom stereocenters. The van der Waals surface area contributed by atoms with E-state index < -0.39 is 17.7 Å². The lowest BCUT2D eigenvalue weighted by atomic mass is 10.1. The summed E-state index contributed by atoms with van der Waals surface area (Å²) in [5, 5.41) is 2.55. The Morgan fingerprint density at radius 3 is 2.57 bits per heavy atom. The van der Waals surface area contributed by atoms with Crippen LogP contribution in [-0.4, -0.2) is 35.7 Å². The number of hydrogen-bond acceptors (Lipinski definition) is 4. The fourth-order valence-electron chi connectivity index (χ4n) is 2.38. The average molecular weight is 306 g/mol. The molecule has 1 aliphatic rings. The van der Waals surface area contributed by atoms with E-state index in [1.165, 1.54) is 22.3 Å². The Balaban J connectivity index is 2.02. The highest BCUT2D eigenvalue weighted by atomic mass is 32.1. The summed E-state index contributed by atoms with van der Waals surface area (Å²) in [6.07, 6.45) is 0. The number of aryl methyl sites for hydroxylation is 1. The first-order valence-corrected chi connectivity index (χ1v) is 7.08. The maximum Gasteiger partial charge on any atom is 0.265 e. The molecule has 7 heteroatoms. The van der Waals surface area contributed by atoms with Crippen molar-refractivity contribution in [2.24, 2.45) is 0 Å². The predicted molar refractivity (Wildman–Crippen MR) is 75.6 cm³/mol. The molecular formula is C14H11FN2O3S. The van der Waals surface area contributed by atoms with Gasteiger partial charge in [0.05, 0.1) is 4.88 Å². The first-order valence-electron chi connectivity index (χ1n) is 6.27. The molecule has 2 heterocycles. The van der Waals surface area contributed by atoms with Crippen molar-refractivity contribution in [2.75, 3.05) is 13.1 Å². The Kier molecular flexibility index (Phi) is 3.21. The Hall–Kier alpha value is -2.28. The van der Waals surface area contributed by atoms with E-state index in [0.717, 1.165) is 0 Å². The Bertz CT molecular complexity index is 768. The smallest absolute Gasteiger partial charge is 0.265 e. The molecule has 3 amide bonds. The number of halogens is 1. The lowest BCUT2D eigenvalue weighted by molar-refractivity contribution is -0.135. The van der Waals surface area contributed by atoms with Crippen molar-refractivity contribution in [3.63, 3.8) is 0 Å². The summed E-state index contributed by atoms with van der Waals surface area (Å²) in [5.74, 6) is -1.82. The van der Waals surface area contributed by atoms with E-state index in [4.69, 9.17) is 0 Å². The molecule has 21 heavy (non-hydrogen) atoms. The van der Waals surface area contributed by atoms with Crippen molar-refractivity contribution in [1.29, 1.82) is 0 Å². The number of nitrogens with one attached hydrogen (secondary N) is 1. The first-order chi connectivity index (χ1) is 9.97. The van der Waals surface area contributed by atoms with Gasteiger partial charge in [0.25, 0.3) is 5.91 Å². The summed E-state index contributed by atoms with van der Waals surface area (Å²) in [4.78, 5) is 36.7. The van der Waals surface area contributed by atoms with Gasteiger partial charge in [-0.2, -0.15) is 0 Å². The minimum atomic E-state index is -0.510. The zero-order valence-electron chi connectivity index (χ0n) is 11.1. The molecule has 0 aliphatic carbocycles. The average Bonchev–Trinajstić information content (AvgIpc) is 2.75. The van der Waals surface area contributed by atoms with E-state index in [2.05, 4.69) is 5.32 Å². The van der Waals surface area contributed by atoms with Crippen LogP contribution in [-0.2, 0) is 9.59 Å². The lowest BCUT2D eigenvalue weighted by Crippen LogP contribution is -2.53. The normalized spacial score (nSPS) is 15.4. The second kappa shape index (κ2) is 4.92. The van der Waals surface area contributed by atoms with Gasteiger partial charge in [0.1, 0.15) is 18.9 Å². The van der Waals surface area contributed by atoms with Gasteiger partial charge in [0, 0.05) is 10.1 Å². The van der Waals surface area contributed by atoms with Crippen LogP contribution in [0.4, 0.5) is 4.39 Å². The number of carbonyl (C=O) groups excluding carboxylic acids is 3. The lowest BCUT2D eigenvalue weighted by Gasteiger charge is -2.25. The van der Waals surface area contributed by atoms with Gasteiger partial charge in [0.15, 0.2) is 0 Å². The highest BCUT2D eigenvalue weighted by Crippen LogP contribution is 2.33. The third-order valence-electron chi connectivity index (χ3n) is 3.33. The van der Waals surface area contributed by atoms with Gasteiger partial charge in [-0.1, -0.05) is 6.07 Å². The highest BCUT2D eigenvalue weighted by molar-refractivity contribution is 7.21. The summed E-state index contributed by atoms with van der Waals surface area (Å²) in [6.45, 7) is 1.34. The molecule has 2 aromatic rings. The van der Waals surface area contributed by atoms with Crippen molar-refractivity contribution in [3.8, 4) is 0 Å². The number of rotatable bonds is 1. The molecule has 1 aromatic carbocycles. The number of piperazine rings is 1. The van der Waals surface area contributed by atoms with Crippen molar-refractivity contribution < 1.29 is 18.8 Å². The molecule has 0 spiro atoms. The largest absolute Gasteiger partial charge is 0.319 e.